The van der Waals surface area contributed by atoms with E-state index in [1.807, 2.05) is 24.3 Å². The molecule has 3 rings (SSSR count). The van der Waals surface area contributed by atoms with E-state index in [1.54, 1.807) is 7.11 Å². The standard InChI is InChI=1S/C16H23NO3/c1-18-13-4-6-14(7-5-13)19-10-8-16(17)9-11-20-15(16)12-2-3-12/h4-7,12,15H,2-3,8-11,17H2,1H3. The molecule has 4 heteroatoms. The van der Waals surface area contributed by atoms with Crippen LogP contribution in [0.5, 0.6) is 11.5 Å². The molecule has 1 aromatic carbocycles. The molecule has 20 heavy (non-hydrogen) atoms. The second-order valence-corrected chi connectivity index (χ2v) is 5.89. The Bertz CT molecular complexity index is 444. The first-order valence-corrected chi connectivity index (χ1v) is 7.39. The third-order valence-electron chi connectivity index (χ3n) is 4.38. The van der Waals surface area contributed by atoms with Gasteiger partial charge < -0.3 is 19.9 Å². The highest BCUT2D eigenvalue weighted by atomic mass is 16.5. The fourth-order valence-corrected chi connectivity index (χ4v) is 2.99. The predicted octanol–water partition coefficient (Wildman–Crippen LogP) is 2.36. The summed E-state index contributed by atoms with van der Waals surface area (Å²) >= 11 is 0. The molecule has 0 bridgehead atoms. The summed E-state index contributed by atoms with van der Waals surface area (Å²) in [5, 5.41) is 0. The first-order valence-electron chi connectivity index (χ1n) is 7.39. The van der Waals surface area contributed by atoms with Crippen LogP contribution in [0.4, 0.5) is 0 Å². The van der Waals surface area contributed by atoms with Gasteiger partial charge in [-0.05, 0) is 49.4 Å². The monoisotopic (exact) mass is 277 g/mol. The molecule has 1 aliphatic carbocycles. The van der Waals surface area contributed by atoms with Crippen LogP contribution in [0.3, 0.4) is 0 Å². The maximum absolute atomic E-state index is 6.53. The molecule has 110 valence electrons. The van der Waals surface area contributed by atoms with Crippen molar-refractivity contribution in [3.8, 4) is 11.5 Å². The van der Waals surface area contributed by atoms with Crippen LogP contribution in [0.15, 0.2) is 24.3 Å². The number of ether oxygens (including phenoxy) is 3. The summed E-state index contributed by atoms with van der Waals surface area (Å²) in [6.45, 7) is 1.43. The highest BCUT2D eigenvalue weighted by Gasteiger charge is 2.48. The zero-order valence-electron chi connectivity index (χ0n) is 12.0. The Morgan fingerprint density at radius 1 is 1.25 bits per heavy atom. The molecule has 0 amide bonds. The lowest BCUT2D eigenvalue weighted by atomic mass is 9.86. The SMILES string of the molecule is COc1ccc(OCCC2(N)CCOC2C2CC2)cc1. The third-order valence-corrected chi connectivity index (χ3v) is 4.38. The van der Waals surface area contributed by atoms with Gasteiger partial charge in [-0.15, -0.1) is 0 Å². The normalized spacial score (nSPS) is 29.4. The van der Waals surface area contributed by atoms with Gasteiger partial charge in [0, 0.05) is 18.6 Å². The smallest absolute Gasteiger partial charge is 0.119 e. The van der Waals surface area contributed by atoms with Crippen molar-refractivity contribution in [1.82, 2.24) is 0 Å². The molecule has 2 aliphatic rings. The summed E-state index contributed by atoms with van der Waals surface area (Å²) in [6.07, 6.45) is 4.56. The molecule has 0 aromatic heterocycles. The predicted molar refractivity (Wildman–Crippen MR) is 77.1 cm³/mol. The Morgan fingerprint density at radius 2 is 1.95 bits per heavy atom. The van der Waals surface area contributed by atoms with Gasteiger partial charge >= 0.3 is 0 Å². The van der Waals surface area contributed by atoms with Crippen LogP contribution in [-0.4, -0.2) is 32.0 Å². The summed E-state index contributed by atoms with van der Waals surface area (Å²) in [5.74, 6) is 2.38. The van der Waals surface area contributed by atoms with Crippen molar-refractivity contribution in [2.24, 2.45) is 11.7 Å². The molecule has 1 saturated heterocycles. The second kappa shape index (κ2) is 5.62. The molecule has 2 unspecified atom stereocenters. The molecule has 1 aromatic rings. The Balaban J connectivity index is 1.51. The Morgan fingerprint density at radius 3 is 2.60 bits per heavy atom. The minimum atomic E-state index is -0.201. The minimum Gasteiger partial charge on any atom is -0.497 e. The van der Waals surface area contributed by atoms with Crippen molar-refractivity contribution < 1.29 is 14.2 Å². The van der Waals surface area contributed by atoms with E-state index in [-0.39, 0.29) is 11.6 Å². The molecule has 0 radical (unpaired) electrons. The molecule has 2 atom stereocenters. The average molecular weight is 277 g/mol. The molecule has 1 saturated carbocycles. The molecule has 2 fully saturated rings. The van der Waals surface area contributed by atoms with Gasteiger partial charge in [0.25, 0.3) is 0 Å². The van der Waals surface area contributed by atoms with Crippen LogP contribution in [0.2, 0.25) is 0 Å². The first kappa shape index (κ1) is 13.7. The third kappa shape index (κ3) is 2.91. The molecule has 1 aliphatic heterocycles. The average Bonchev–Trinajstić information content (AvgIpc) is 3.23. The molecule has 0 spiro atoms. The van der Waals surface area contributed by atoms with E-state index in [0.717, 1.165) is 30.9 Å². The fourth-order valence-electron chi connectivity index (χ4n) is 2.99. The molecule has 4 nitrogen and oxygen atoms in total. The van der Waals surface area contributed by atoms with E-state index in [2.05, 4.69) is 0 Å². The van der Waals surface area contributed by atoms with Crippen molar-refractivity contribution in [2.75, 3.05) is 20.3 Å². The van der Waals surface area contributed by atoms with Crippen LogP contribution in [0.1, 0.15) is 25.7 Å². The molecule has 1 heterocycles. The first-order chi connectivity index (χ1) is 9.71. The summed E-state index contributed by atoms with van der Waals surface area (Å²) in [5.41, 5.74) is 6.33. The van der Waals surface area contributed by atoms with Crippen LogP contribution in [0.25, 0.3) is 0 Å². The number of benzene rings is 1. The number of nitrogens with two attached hydrogens (primary N) is 1. The number of hydrogen-bond acceptors (Lipinski definition) is 4. The molecule has 2 N–H and O–H groups in total. The van der Waals surface area contributed by atoms with Gasteiger partial charge in [0.2, 0.25) is 0 Å². The lowest BCUT2D eigenvalue weighted by Crippen LogP contribution is -2.49. The molecular formula is C16H23NO3. The Labute approximate surface area is 120 Å². The summed E-state index contributed by atoms with van der Waals surface area (Å²) in [6, 6.07) is 7.65. The summed E-state index contributed by atoms with van der Waals surface area (Å²) < 4.78 is 16.7. The van der Waals surface area contributed by atoms with E-state index < -0.39 is 0 Å². The lowest BCUT2D eigenvalue weighted by Gasteiger charge is -2.30. The van der Waals surface area contributed by atoms with Gasteiger partial charge in [-0.3, -0.25) is 0 Å². The summed E-state index contributed by atoms with van der Waals surface area (Å²) in [7, 11) is 1.66. The van der Waals surface area contributed by atoms with Crippen molar-refractivity contribution in [3.05, 3.63) is 24.3 Å². The number of hydrogen-bond donors (Lipinski definition) is 1. The van der Waals surface area contributed by atoms with Gasteiger partial charge in [-0.25, -0.2) is 0 Å². The van der Waals surface area contributed by atoms with E-state index in [9.17, 15) is 0 Å². The zero-order valence-corrected chi connectivity index (χ0v) is 12.0. The Kier molecular flexibility index (Phi) is 3.85. The van der Waals surface area contributed by atoms with Crippen LogP contribution >= 0.6 is 0 Å². The second-order valence-electron chi connectivity index (χ2n) is 5.89. The van der Waals surface area contributed by atoms with E-state index in [1.165, 1.54) is 12.8 Å². The van der Waals surface area contributed by atoms with Crippen molar-refractivity contribution in [1.29, 1.82) is 0 Å². The van der Waals surface area contributed by atoms with Crippen molar-refractivity contribution in [2.45, 2.75) is 37.3 Å². The van der Waals surface area contributed by atoms with Gasteiger partial charge in [0.05, 0.1) is 19.8 Å². The largest absolute Gasteiger partial charge is 0.497 e. The highest BCUT2D eigenvalue weighted by Crippen LogP contribution is 2.43. The summed E-state index contributed by atoms with van der Waals surface area (Å²) in [4.78, 5) is 0. The maximum atomic E-state index is 6.53. The van der Waals surface area contributed by atoms with Gasteiger partial charge in [0.1, 0.15) is 11.5 Å². The van der Waals surface area contributed by atoms with Crippen LogP contribution in [0, 0.1) is 5.92 Å². The van der Waals surface area contributed by atoms with Gasteiger partial charge in [-0.2, -0.15) is 0 Å². The number of methoxy groups -OCH3 is 1. The van der Waals surface area contributed by atoms with E-state index >= 15 is 0 Å². The van der Waals surface area contributed by atoms with E-state index in [4.69, 9.17) is 19.9 Å². The zero-order chi connectivity index (χ0) is 14.0. The quantitative estimate of drug-likeness (QED) is 0.867. The van der Waals surface area contributed by atoms with Gasteiger partial charge in [-0.1, -0.05) is 0 Å². The van der Waals surface area contributed by atoms with E-state index in [0.29, 0.717) is 12.5 Å². The minimum absolute atomic E-state index is 0.201. The highest BCUT2D eigenvalue weighted by molar-refractivity contribution is 5.31. The lowest BCUT2D eigenvalue weighted by molar-refractivity contribution is 0.0558. The number of rotatable bonds is 6. The fraction of sp³-hybridized carbons (Fsp3) is 0.625. The van der Waals surface area contributed by atoms with Crippen LogP contribution in [-0.2, 0) is 4.74 Å². The van der Waals surface area contributed by atoms with Crippen molar-refractivity contribution in [3.63, 3.8) is 0 Å². The van der Waals surface area contributed by atoms with Crippen LogP contribution < -0.4 is 15.2 Å². The maximum Gasteiger partial charge on any atom is 0.119 e. The molecular weight excluding hydrogens is 254 g/mol. The Hall–Kier alpha value is -1.26. The van der Waals surface area contributed by atoms with Gasteiger partial charge in [0.15, 0.2) is 0 Å². The topological polar surface area (TPSA) is 53.7 Å². The van der Waals surface area contributed by atoms with Crippen molar-refractivity contribution >= 4 is 0 Å².